The number of hydrogen-bond donors (Lipinski definition) is 1. The molecule has 0 radical (unpaired) electrons. The van der Waals surface area contributed by atoms with Gasteiger partial charge in [0.2, 0.25) is 5.91 Å². The lowest BCUT2D eigenvalue weighted by atomic mass is 9.84. The molecule has 18 heavy (non-hydrogen) atoms. The van der Waals surface area contributed by atoms with Crippen molar-refractivity contribution in [3.63, 3.8) is 0 Å². The standard InChI is InChI=1S/C12H16N2O4/c1-14(6-9-3-4-13-5-9)10(15)12(7-18-8-12)11(16)17-2/h3-5,13H,6-8H2,1-2H3. The molecule has 0 atom stereocenters. The zero-order valence-corrected chi connectivity index (χ0v) is 10.4. The Morgan fingerprint density at radius 2 is 2.28 bits per heavy atom. The van der Waals surface area contributed by atoms with Crippen LogP contribution in [0.5, 0.6) is 0 Å². The van der Waals surface area contributed by atoms with Crippen LogP contribution >= 0.6 is 0 Å². The van der Waals surface area contributed by atoms with Crippen LogP contribution in [0.4, 0.5) is 0 Å². The molecule has 0 aromatic carbocycles. The molecule has 6 nitrogen and oxygen atoms in total. The normalized spacial score (nSPS) is 16.8. The van der Waals surface area contributed by atoms with Crippen molar-refractivity contribution in [1.82, 2.24) is 9.88 Å². The Hall–Kier alpha value is -1.82. The summed E-state index contributed by atoms with van der Waals surface area (Å²) in [5.41, 5.74) is -0.175. The number of methoxy groups -OCH3 is 1. The molecule has 0 unspecified atom stereocenters. The van der Waals surface area contributed by atoms with E-state index in [1.165, 1.54) is 12.0 Å². The van der Waals surface area contributed by atoms with Crippen molar-refractivity contribution in [1.29, 1.82) is 0 Å². The van der Waals surface area contributed by atoms with Gasteiger partial charge in [0, 0.05) is 26.0 Å². The fourth-order valence-corrected chi connectivity index (χ4v) is 2.00. The molecule has 2 heterocycles. The zero-order valence-electron chi connectivity index (χ0n) is 10.4. The number of aromatic amines is 1. The Morgan fingerprint density at radius 3 is 2.72 bits per heavy atom. The largest absolute Gasteiger partial charge is 0.468 e. The van der Waals surface area contributed by atoms with Crippen molar-refractivity contribution < 1.29 is 19.1 Å². The summed E-state index contributed by atoms with van der Waals surface area (Å²) >= 11 is 0. The number of hydrogen-bond acceptors (Lipinski definition) is 4. The van der Waals surface area contributed by atoms with Crippen molar-refractivity contribution in [3.8, 4) is 0 Å². The Bertz CT molecular complexity index is 437. The molecule has 1 amide bonds. The quantitative estimate of drug-likeness (QED) is 0.612. The number of aromatic nitrogens is 1. The second kappa shape index (κ2) is 4.81. The van der Waals surface area contributed by atoms with E-state index in [-0.39, 0.29) is 19.1 Å². The lowest BCUT2D eigenvalue weighted by Crippen LogP contribution is -2.59. The van der Waals surface area contributed by atoms with Crippen LogP contribution in [0.3, 0.4) is 0 Å². The Morgan fingerprint density at radius 1 is 1.56 bits per heavy atom. The van der Waals surface area contributed by atoms with Crippen LogP contribution in [0.2, 0.25) is 0 Å². The van der Waals surface area contributed by atoms with Gasteiger partial charge in [-0.15, -0.1) is 0 Å². The summed E-state index contributed by atoms with van der Waals surface area (Å²) in [7, 11) is 2.94. The average molecular weight is 252 g/mol. The number of rotatable bonds is 4. The van der Waals surface area contributed by atoms with E-state index >= 15 is 0 Å². The van der Waals surface area contributed by atoms with Gasteiger partial charge in [0.25, 0.3) is 0 Å². The number of carbonyl (C=O) groups excluding carboxylic acids is 2. The van der Waals surface area contributed by atoms with E-state index < -0.39 is 11.4 Å². The van der Waals surface area contributed by atoms with Crippen LogP contribution < -0.4 is 0 Å². The molecule has 1 N–H and O–H groups in total. The fraction of sp³-hybridized carbons (Fsp3) is 0.500. The monoisotopic (exact) mass is 252 g/mol. The minimum Gasteiger partial charge on any atom is -0.468 e. The van der Waals surface area contributed by atoms with E-state index in [0.717, 1.165) is 5.56 Å². The molecule has 1 aromatic heterocycles. The van der Waals surface area contributed by atoms with Crippen molar-refractivity contribution in [2.24, 2.45) is 5.41 Å². The Balaban J connectivity index is 2.07. The highest BCUT2D eigenvalue weighted by molar-refractivity contribution is 6.03. The van der Waals surface area contributed by atoms with Crippen molar-refractivity contribution >= 4 is 11.9 Å². The molecule has 1 aliphatic heterocycles. The minimum atomic E-state index is -1.15. The summed E-state index contributed by atoms with van der Waals surface area (Å²) in [6.45, 7) is 0.632. The molecule has 98 valence electrons. The van der Waals surface area contributed by atoms with Crippen LogP contribution in [0.1, 0.15) is 5.56 Å². The summed E-state index contributed by atoms with van der Waals surface area (Å²) < 4.78 is 9.70. The Labute approximate surface area is 105 Å². The molecule has 2 rings (SSSR count). The number of nitrogens with zero attached hydrogens (tertiary/aromatic N) is 1. The van der Waals surface area contributed by atoms with Crippen LogP contribution in [0.25, 0.3) is 0 Å². The lowest BCUT2D eigenvalue weighted by Gasteiger charge is -2.39. The first kappa shape index (κ1) is 12.6. The second-order valence-electron chi connectivity index (χ2n) is 4.45. The summed E-state index contributed by atoms with van der Waals surface area (Å²) in [5, 5.41) is 0. The molecule has 0 saturated carbocycles. The van der Waals surface area contributed by atoms with Crippen LogP contribution in [0, 0.1) is 5.41 Å². The average Bonchev–Trinajstić information content (AvgIpc) is 2.79. The van der Waals surface area contributed by atoms with Gasteiger partial charge in [0.1, 0.15) is 0 Å². The predicted octanol–water partition coefficient (Wildman–Crippen LogP) is 0.163. The molecule has 1 aromatic rings. The SMILES string of the molecule is COC(=O)C1(C(=O)N(C)Cc2cc[nH]c2)COC1. The number of esters is 1. The maximum Gasteiger partial charge on any atom is 0.326 e. The van der Waals surface area contributed by atoms with Gasteiger partial charge in [-0.1, -0.05) is 0 Å². The third-order valence-corrected chi connectivity index (χ3v) is 3.11. The van der Waals surface area contributed by atoms with Crippen molar-refractivity contribution in [2.75, 3.05) is 27.4 Å². The van der Waals surface area contributed by atoms with Gasteiger partial charge in [-0.25, -0.2) is 0 Å². The maximum absolute atomic E-state index is 12.3. The minimum absolute atomic E-state index is 0.0932. The van der Waals surface area contributed by atoms with Crippen molar-refractivity contribution in [3.05, 3.63) is 24.0 Å². The molecular formula is C12H16N2O4. The smallest absolute Gasteiger partial charge is 0.326 e. The van der Waals surface area contributed by atoms with Gasteiger partial charge < -0.3 is 19.4 Å². The van der Waals surface area contributed by atoms with E-state index in [0.29, 0.717) is 6.54 Å². The first-order valence-corrected chi connectivity index (χ1v) is 5.63. The number of nitrogens with one attached hydrogen (secondary N) is 1. The third kappa shape index (κ3) is 1.99. The summed E-state index contributed by atoms with van der Waals surface area (Å²) in [6.07, 6.45) is 3.60. The molecule has 0 spiro atoms. The molecule has 6 heteroatoms. The first-order valence-electron chi connectivity index (χ1n) is 5.63. The molecule has 0 bridgehead atoms. The van der Waals surface area contributed by atoms with Gasteiger partial charge >= 0.3 is 5.97 Å². The van der Waals surface area contributed by atoms with E-state index in [1.807, 2.05) is 12.3 Å². The molecule has 1 aliphatic rings. The van der Waals surface area contributed by atoms with Gasteiger partial charge in [-0.3, -0.25) is 9.59 Å². The summed E-state index contributed by atoms with van der Waals surface area (Å²) in [5.74, 6) is -0.790. The number of carbonyl (C=O) groups is 2. The van der Waals surface area contributed by atoms with Crippen LogP contribution in [0.15, 0.2) is 18.5 Å². The fourth-order valence-electron chi connectivity index (χ4n) is 2.00. The number of H-pyrrole nitrogens is 1. The Kier molecular flexibility index (Phi) is 3.38. The third-order valence-electron chi connectivity index (χ3n) is 3.11. The highest BCUT2D eigenvalue weighted by atomic mass is 16.5. The predicted molar refractivity (Wildman–Crippen MR) is 62.5 cm³/mol. The molecule has 1 saturated heterocycles. The van der Waals surface area contributed by atoms with Gasteiger partial charge in [0.15, 0.2) is 5.41 Å². The summed E-state index contributed by atoms with van der Waals surface area (Å²) in [4.78, 5) is 28.5. The van der Waals surface area contributed by atoms with Gasteiger partial charge in [0.05, 0.1) is 20.3 Å². The second-order valence-corrected chi connectivity index (χ2v) is 4.45. The van der Waals surface area contributed by atoms with Gasteiger partial charge in [-0.2, -0.15) is 0 Å². The van der Waals surface area contributed by atoms with Crippen LogP contribution in [-0.2, 0) is 25.6 Å². The summed E-state index contributed by atoms with van der Waals surface area (Å²) in [6, 6.07) is 1.88. The topological polar surface area (TPSA) is 71.6 Å². The van der Waals surface area contributed by atoms with Gasteiger partial charge in [-0.05, 0) is 11.6 Å². The first-order chi connectivity index (χ1) is 8.60. The van der Waals surface area contributed by atoms with E-state index in [4.69, 9.17) is 9.47 Å². The highest BCUT2D eigenvalue weighted by Gasteiger charge is 2.55. The molecule has 1 fully saturated rings. The maximum atomic E-state index is 12.3. The van der Waals surface area contributed by atoms with E-state index in [2.05, 4.69) is 4.98 Å². The number of amides is 1. The number of ether oxygens (including phenoxy) is 2. The van der Waals surface area contributed by atoms with Crippen molar-refractivity contribution in [2.45, 2.75) is 6.54 Å². The zero-order chi connectivity index (χ0) is 13.2. The lowest BCUT2D eigenvalue weighted by molar-refractivity contribution is -0.193. The van der Waals surface area contributed by atoms with E-state index in [1.54, 1.807) is 13.2 Å². The van der Waals surface area contributed by atoms with Crippen LogP contribution in [-0.4, -0.2) is 49.1 Å². The molecular weight excluding hydrogens is 236 g/mol. The molecule has 0 aliphatic carbocycles. The highest BCUT2D eigenvalue weighted by Crippen LogP contribution is 2.31. The van der Waals surface area contributed by atoms with E-state index in [9.17, 15) is 9.59 Å².